The third kappa shape index (κ3) is 37.5. The molecule has 0 N–H and O–H groups in total. The standard InChI is InChI=1S/C50H100/c1-6-11-16-21-25-29-34-41-48(39-32-20-15-10-5)44-37-46-50(43-36-31-27-23-18-13-8-3)47-38-45-49(40-33-28-24-19-14-9-4)42-35-30-26-22-17-12-7-2/h10,48-50H,5-9,11-47H2,1-4H3. The predicted molar refractivity (Wildman–Crippen MR) is 233 cm³/mol. The molecule has 3 atom stereocenters. The van der Waals surface area contributed by atoms with Gasteiger partial charge in [-0.05, 0) is 30.6 Å². The first-order valence-electron chi connectivity index (χ1n) is 24.3. The predicted octanol–water partition coefficient (Wildman–Crippen LogP) is 19.1. The minimum absolute atomic E-state index is 0.985. The van der Waals surface area contributed by atoms with Crippen molar-refractivity contribution >= 4 is 0 Å². The quantitative estimate of drug-likeness (QED) is 0.0438. The summed E-state index contributed by atoms with van der Waals surface area (Å²) in [6.07, 6.45) is 62.2. The lowest BCUT2D eigenvalue weighted by Gasteiger charge is -2.22. The molecule has 0 radical (unpaired) electrons. The Labute approximate surface area is 320 Å². The molecule has 0 nitrogen and oxygen atoms in total. The zero-order valence-electron chi connectivity index (χ0n) is 36.0. The Morgan fingerprint density at radius 3 is 0.700 bits per heavy atom. The van der Waals surface area contributed by atoms with Gasteiger partial charge in [0.05, 0.1) is 0 Å². The minimum Gasteiger partial charge on any atom is -0.103 e. The average Bonchev–Trinajstić information content (AvgIpc) is 3.12. The summed E-state index contributed by atoms with van der Waals surface area (Å²) in [5.41, 5.74) is 0. The van der Waals surface area contributed by atoms with Gasteiger partial charge in [0.2, 0.25) is 0 Å². The van der Waals surface area contributed by atoms with Crippen molar-refractivity contribution in [2.45, 2.75) is 291 Å². The van der Waals surface area contributed by atoms with Gasteiger partial charge in [0, 0.05) is 0 Å². The fourth-order valence-corrected chi connectivity index (χ4v) is 8.79. The van der Waals surface area contributed by atoms with Crippen LogP contribution >= 0.6 is 0 Å². The maximum absolute atomic E-state index is 3.98. The molecule has 0 spiro atoms. The molecule has 0 saturated carbocycles. The largest absolute Gasteiger partial charge is 0.103 e. The molecule has 0 rings (SSSR count). The molecular formula is C50H100. The maximum atomic E-state index is 3.98. The summed E-state index contributed by atoms with van der Waals surface area (Å²) in [5, 5.41) is 0. The van der Waals surface area contributed by atoms with E-state index in [4.69, 9.17) is 0 Å². The van der Waals surface area contributed by atoms with Crippen molar-refractivity contribution in [3.05, 3.63) is 12.7 Å². The Hall–Kier alpha value is -0.260. The lowest BCUT2D eigenvalue weighted by Crippen LogP contribution is -2.07. The van der Waals surface area contributed by atoms with Gasteiger partial charge in [0.15, 0.2) is 0 Å². The molecule has 0 aromatic heterocycles. The molecule has 0 aliphatic rings. The molecule has 0 aromatic rings. The van der Waals surface area contributed by atoms with Crippen LogP contribution in [0, 0.1) is 17.8 Å². The SMILES string of the molecule is C=CCCCCC(CCCCCCCCC)CCCC(CCCCCCCCC)CCCC(CCCCCCCC)CCCCCCCCC. The van der Waals surface area contributed by atoms with Crippen molar-refractivity contribution in [1.82, 2.24) is 0 Å². The molecule has 0 amide bonds. The van der Waals surface area contributed by atoms with Gasteiger partial charge in [0.1, 0.15) is 0 Å². The number of allylic oxidation sites excluding steroid dienone is 1. The van der Waals surface area contributed by atoms with Crippen molar-refractivity contribution in [1.29, 1.82) is 0 Å². The molecule has 0 heterocycles. The normalized spacial score (nSPS) is 13.5. The first-order chi connectivity index (χ1) is 24.7. The number of unbranched alkanes of at least 4 members (excludes halogenated alkanes) is 25. The van der Waals surface area contributed by atoms with E-state index in [0.717, 1.165) is 17.8 Å². The molecule has 0 saturated heterocycles. The van der Waals surface area contributed by atoms with Crippen LogP contribution in [-0.2, 0) is 0 Å². The van der Waals surface area contributed by atoms with E-state index in [9.17, 15) is 0 Å². The summed E-state index contributed by atoms with van der Waals surface area (Å²) < 4.78 is 0. The van der Waals surface area contributed by atoms with Gasteiger partial charge in [-0.2, -0.15) is 0 Å². The molecule has 0 heteroatoms. The van der Waals surface area contributed by atoms with E-state index >= 15 is 0 Å². The van der Waals surface area contributed by atoms with E-state index in [1.165, 1.54) is 263 Å². The highest BCUT2D eigenvalue weighted by molar-refractivity contribution is 4.70. The zero-order chi connectivity index (χ0) is 36.4. The van der Waals surface area contributed by atoms with Crippen molar-refractivity contribution in [3.8, 4) is 0 Å². The van der Waals surface area contributed by atoms with E-state index in [-0.39, 0.29) is 0 Å². The number of hydrogen-bond acceptors (Lipinski definition) is 0. The van der Waals surface area contributed by atoms with Crippen molar-refractivity contribution in [2.24, 2.45) is 17.8 Å². The van der Waals surface area contributed by atoms with Crippen LogP contribution in [-0.4, -0.2) is 0 Å². The number of hydrogen-bond donors (Lipinski definition) is 0. The fraction of sp³-hybridized carbons (Fsp3) is 0.960. The molecule has 3 unspecified atom stereocenters. The van der Waals surface area contributed by atoms with E-state index in [1.807, 2.05) is 0 Å². The Balaban J connectivity index is 4.96. The minimum atomic E-state index is 0.985. The Morgan fingerprint density at radius 2 is 0.460 bits per heavy atom. The Kier molecular flexibility index (Phi) is 42.9. The van der Waals surface area contributed by atoms with Gasteiger partial charge in [0.25, 0.3) is 0 Å². The van der Waals surface area contributed by atoms with Crippen molar-refractivity contribution in [3.63, 3.8) is 0 Å². The first-order valence-corrected chi connectivity index (χ1v) is 24.3. The zero-order valence-corrected chi connectivity index (χ0v) is 36.0. The lowest BCUT2D eigenvalue weighted by atomic mass is 9.84. The second-order valence-corrected chi connectivity index (χ2v) is 17.3. The molecule has 0 fully saturated rings. The van der Waals surface area contributed by atoms with Crippen LogP contribution in [0.2, 0.25) is 0 Å². The molecule has 0 bridgehead atoms. The third-order valence-corrected chi connectivity index (χ3v) is 12.3. The molecular weight excluding hydrogens is 601 g/mol. The molecule has 300 valence electrons. The number of rotatable bonds is 44. The molecule has 0 aliphatic carbocycles. The van der Waals surface area contributed by atoms with Gasteiger partial charge in [-0.1, -0.05) is 284 Å². The van der Waals surface area contributed by atoms with E-state index in [0.29, 0.717) is 0 Å². The highest BCUT2D eigenvalue weighted by Gasteiger charge is 2.15. The van der Waals surface area contributed by atoms with E-state index in [1.54, 1.807) is 0 Å². The summed E-state index contributed by atoms with van der Waals surface area (Å²) in [7, 11) is 0. The summed E-state index contributed by atoms with van der Waals surface area (Å²) in [6, 6.07) is 0. The van der Waals surface area contributed by atoms with Crippen molar-refractivity contribution < 1.29 is 0 Å². The summed E-state index contributed by atoms with van der Waals surface area (Å²) in [5.74, 6) is 3.00. The third-order valence-electron chi connectivity index (χ3n) is 12.3. The van der Waals surface area contributed by atoms with Crippen LogP contribution in [0.5, 0.6) is 0 Å². The van der Waals surface area contributed by atoms with Crippen LogP contribution in [0.1, 0.15) is 291 Å². The highest BCUT2D eigenvalue weighted by Crippen LogP contribution is 2.30. The van der Waals surface area contributed by atoms with Gasteiger partial charge < -0.3 is 0 Å². The van der Waals surface area contributed by atoms with Crippen LogP contribution < -0.4 is 0 Å². The lowest BCUT2D eigenvalue weighted by molar-refractivity contribution is 0.310. The summed E-state index contributed by atoms with van der Waals surface area (Å²) in [6.45, 7) is 13.3. The first kappa shape index (κ1) is 49.7. The van der Waals surface area contributed by atoms with Gasteiger partial charge in [-0.15, -0.1) is 6.58 Å². The highest BCUT2D eigenvalue weighted by atomic mass is 14.2. The van der Waals surface area contributed by atoms with Crippen LogP contribution in [0.25, 0.3) is 0 Å². The van der Waals surface area contributed by atoms with Gasteiger partial charge in [-0.25, -0.2) is 0 Å². The van der Waals surface area contributed by atoms with E-state index < -0.39 is 0 Å². The maximum Gasteiger partial charge on any atom is -0.0353 e. The topological polar surface area (TPSA) is 0 Å². The van der Waals surface area contributed by atoms with Crippen LogP contribution in [0.15, 0.2) is 12.7 Å². The Morgan fingerprint density at radius 1 is 0.260 bits per heavy atom. The monoisotopic (exact) mass is 701 g/mol. The summed E-state index contributed by atoms with van der Waals surface area (Å²) in [4.78, 5) is 0. The second kappa shape index (κ2) is 43.1. The van der Waals surface area contributed by atoms with Crippen LogP contribution in [0.3, 0.4) is 0 Å². The molecule has 50 heavy (non-hydrogen) atoms. The van der Waals surface area contributed by atoms with Crippen LogP contribution in [0.4, 0.5) is 0 Å². The smallest absolute Gasteiger partial charge is 0.0353 e. The molecule has 0 aliphatic heterocycles. The van der Waals surface area contributed by atoms with Gasteiger partial charge in [-0.3, -0.25) is 0 Å². The van der Waals surface area contributed by atoms with E-state index in [2.05, 4.69) is 40.3 Å². The summed E-state index contributed by atoms with van der Waals surface area (Å²) >= 11 is 0. The molecule has 0 aromatic carbocycles. The van der Waals surface area contributed by atoms with Gasteiger partial charge >= 0.3 is 0 Å². The fourth-order valence-electron chi connectivity index (χ4n) is 8.79. The second-order valence-electron chi connectivity index (χ2n) is 17.3. The average molecular weight is 701 g/mol. The Bertz CT molecular complexity index is 605. The van der Waals surface area contributed by atoms with Crippen molar-refractivity contribution in [2.75, 3.05) is 0 Å².